The Morgan fingerprint density at radius 1 is 1.00 bits per heavy atom. The van der Waals surface area contributed by atoms with E-state index < -0.39 is 0 Å². The van der Waals surface area contributed by atoms with E-state index in [1.165, 1.54) is 18.4 Å². The van der Waals surface area contributed by atoms with Crippen molar-refractivity contribution in [3.63, 3.8) is 0 Å². The van der Waals surface area contributed by atoms with Crippen molar-refractivity contribution >= 4 is 16.6 Å². The Balaban J connectivity index is 1.41. The number of likely N-dealkylation sites (tertiary alicyclic amines) is 1. The Bertz CT molecular complexity index is 1210. The van der Waals surface area contributed by atoms with Crippen LogP contribution < -0.4 is 14.4 Å². The van der Waals surface area contributed by atoms with Crippen LogP contribution in [0.5, 0.6) is 11.5 Å². The molecule has 0 bridgehead atoms. The van der Waals surface area contributed by atoms with Crippen LogP contribution >= 0.6 is 0 Å². The molecule has 0 unspecified atom stereocenters. The number of hydrogen-bond donors (Lipinski definition) is 1. The molecule has 0 saturated carbocycles. The second-order valence-corrected chi connectivity index (χ2v) is 8.27. The number of fused-ring (bicyclic) bond motifs is 3. The molecule has 0 amide bonds. The van der Waals surface area contributed by atoms with Crippen LogP contribution in [0.15, 0.2) is 42.5 Å². The monoisotopic (exact) mass is 418 g/mol. The van der Waals surface area contributed by atoms with Gasteiger partial charge in [-0.15, -0.1) is 10.2 Å². The predicted molar refractivity (Wildman–Crippen MR) is 119 cm³/mol. The third-order valence-electron chi connectivity index (χ3n) is 6.45. The summed E-state index contributed by atoms with van der Waals surface area (Å²) in [5.41, 5.74) is 3.11. The fourth-order valence-electron chi connectivity index (χ4n) is 4.79. The highest BCUT2D eigenvalue weighted by Gasteiger charge is 2.25. The van der Waals surface area contributed by atoms with E-state index in [4.69, 9.17) is 14.5 Å². The van der Waals surface area contributed by atoms with Crippen LogP contribution in [0.1, 0.15) is 36.0 Å². The smallest absolute Gasteiger partial charge is 0.194 e. The third-order valence-corrected chi connectivity index (χ3v) is 6.45. The van der Waals surface area contributed by atoms with Gasteiger partial charge in [-0.05, 0) is 24.5 Å². The molecular weight excluding hydrogens is 390 g/mol. The predicted octanol–water partition coefficient (Wildman–Crippen LogP) is 2.57. The summed E-state index contributed by atoms with van der Waals surface area (Å²) in [7, 11) is 3.27. The maximum Gasteiger partial charge on any atom is 0.194 e. The Hall–Kier alpha value is -3.19. The molecule has 5 rings (SSSR count). The molecule has 0 radical (unpaired) electrons. The normalized spacial score (nSPS) is 19.1. The number of hydrogen-bond acceptors (Lipinski definition) is 5. The molecule has 0 atom stereocenters. The fraction of sp³-hybridized carbons (Fsp3) is 0.375. The van der Waals surface area contributed by atoms with Crippen molar-refractivity contribution in [1.29, 1.82) is 0 Å². The molecule has 3 heterocycles. The quantitative estimate of drug-likeness (QED) is 0.540. The maximum absolute atomic E-state index is 5.48. The van der Waals surface area contributed by atoms with Crippen LogP contribution in [0.25, 0.3) is 16.6 Å². The average molecular weight is 419 g/mol. The number of quaternary nitrogens is 1. The van der Waals surface area contributed by atoms with E-state index in [0.29, 0.717) is 17.4 Å². The topological polar surface area (TPSA) is 66.0 Å². The lowest BCUT2D eigenvalue weighted by atomic mass is 9.89. The highest BCUT2D eigenvalue weighted by Crippen LogP contribution is 2.33. The Morgan fingerprint density at radius 2 is 1.71 bits per heavy atom. The third kappa shape index (κ3) is 3.59. The lowest BCUT2D eigenvalue weighted by Crippen LogP contribution is -3.11. The molecule has 2 aromatic heterocycles. The molecule has 4 aromatic rings. The molecule has 31 heavy (non-hydrogen) atoms. The minimum atomic E-state index is 0.662. The summed E-state index contributed by atoms with van der Waals surface area (Å²) in [6, 6.07) is 14.7. The standard InChI is InChI=1S/C24H27N5O2/c1-16-25-20-14-22(31-3)21(30-2)13-19(20)24-27-26-23(29(16)24)15-28-11-9-18(10-12-28)17-7-5-4-6-8-17/h4-8,13-14,18H,9-12,15H2,1-3H3/p+1. The van der Waals surface area contributed by atoms with E-state index in [2.05, 4.69) is 44.9 Å². The number of methoxy groups -OCH3 is 2. The van der Waals surface area contributed by atoms with Gasteiger partial charge >= 0.3 is 0 Å². The van der Waals surface area contributed by atoms with E-state index in [-0.39, 0.29) is 0 Å². The molecule has 2 aromatic carbocycles. The van der Waals surface area contributed by atoms with Gasteiger partial charge in [0.25, 0.3) is 0 Å². The van der Waals surface area contributed by atoms with Gasteiger partial charge in [0, 0.05) is 24.3 Å². The molecule has 1 aliphatic heterocycles. The SMILES string of the molecule is COc1cc2nc(C)n3c(C[NH+]4CCC(c5ccccc5)CC4)nnc3c2cc1OC. The van der Waals surface area contributed by atoms with Gasteiger partial charge in [0.1, 0.15) is 12.4 Å². The van der Waals surface area contributed by atoms with Gasteiger partial charge in [0.2, 0.25) is 0 Å². The van der Waals surface area contributed by atoms with Gasteiger partial charge in [-0.1, -0.05) is 30.3 Å². The van der Waals surface area contributed by atoms with Crippen molar-refractivity contribution < 1.29 is 14.4 Å². The molecule has 1 saturated heterocycles. The lowest BCUT2D eigenvalue weighted by Gasteiger charge is -2.29. The van der Waals surface area contributed by atoms with Crippen LogP contribution in [0.2, 0.25) is 0 Å². The van der Waals surface area contributed by atoms with Crippen molar-refractivity contribution in [2.75, 3.05) is 27.3 Å². The first kappa shape index (κ1) is 19.8. The fourth-order valence-corrected chi connectivity index (χ4v) is 4.79. The van der Waals surface area contributed by atoms with Gasteiger partial charge in [0.15, 0.2) is 23.0 Å². The number of ether oxygens (including phenoxy) is 2. The summed E-state index contributed by atoms with van der Waals surface area (Å²) in [5, 5.41) is 10.0. The van der Waals surface area contributed by atoms with Crippen molar-refractivity contribution in [3.05, 3.63) is 59.7 Å². The number of benzene rings is 2. The molecule has 1 aliphatic rings. The Labute approximate surface area is 181 Å². The maximum atomic E-state index is 5.48. The summed E-state index contributed by atoms with van der Waals surface area (Å²) in [4.78, 5) is 6.35. The number of aryl methyl sites for hydroxylation is 1. The molecule has 0 spiro atoms. The van der Waals surface area contributed by atoms with Crippen molar-refractivity contribution in [2.24, 2.45) is 0 Å². The van der Waals surface area contributed by atoms with Crippen molar-refractivity contribution in [3.8, 4) is 11.5 Å². The molecule has 7 nitrogen and oxygen atoms in total. The average Bonchev–Trinajstić information content (AvgIpc) is 3.24. The highest BCUT2D eigenvalue weighted by molar-refractivity contribution is 5.93. The molecule has 160 valence electrons. The molecule has 1 N–H and O–H groups in total. The Kier molecular flexibility index (Phi) is 5.19. The van der Waals surface area contributed by atoms with E-state index in [1.807, 2.05) is 19.1 Å². The molecular formula is C24H28N5O2+. The molecule has 1 fully saturated rings. The second kappa shape index (κ2) is 8.15. The zero-order valence-corrected chi connectivity index (χ0v) is 18.3. The van der Waals surface area contributed by atoms with Gasteiger partial charge in [-0.3, -0.25) is 4.40 Å². The van der Waals surface area contributed by atoms with E-state index in [1.54, 1.807) is 19.1 Å². The summed E-state index contributed by atoms with van der Waals surface area (Å²) in [5.74, 6) is 3.84. The van der Waals surface area contributed by atoms with Crippen LogP contribution in [-0.4, -0.2) is 46.9 Å². The van der Waals surface area contributed by atoms with E-state index >= 15 is 0 Å². The molecule has 0 aliphatic carbocycles. The Morgan fingerprint density at radius 3 is 2.42 bits per heavy atom. The van der Waals surface area contributed by atoms with Crippen LogP contribution in [0, 0.1) is 6.92 Å². The van der Waals surface area contributed by atoms with Gasteiger partial charge < -0.3 is 14.4 Å². The number of aromatic nitrogens is 4. The summed E-state index contributed by atoms with van der Waals surface area (Å²) in [6.45, 7) is 5.13. The first-order chi connectivity index (χ1) is 15.2. The number of nitrogens with one attached hydrogen (secondary N) is 1. The van der Waals surface area contributed by atoms with Crippen molar-refractivity contribution in [2.45, 2.75) is 32.2 Å². The zero-order chi connectivity index (χ0) is 21.4. The van der Waals surface area contributed by atoms with Gasteiger partial charge in [-0.25, -0.2) is 4.98 Å². The van der Waals surface area contributed by atoms with Gasteiger partial charge in [0.05, 0.1) is 32.8 Å². The summed E-state index contributed by atoms with van der Waals surface area (Å²) < 4.78 is 13.0. The first-order valence-corrected chi connectivity index (χ1v) is 10.8. The minimum Gasteiger partial charge on any atom is -0.493 e. The van der Waals surface area contributed by atoms with Crippen LogP contribution in [0.4, 0.5) is 0 Å². The van der Waals surface area contributed by atoms with Crippen LogP contribution in [0.3, 0.4) is 0 Å². The largest absolute Gasteiger partial charge is 0.493 e. The summed E-state index contributed by atoms with van der Waals surface area (Å²) >= 11 is 0. The molecule has 7 heteroatoms. The van der Waals surface area contributed by atoms with Gasteiger partial charge in [-0.2, -0.15) is 0 Å². The minimum absolute atomic E-state index is 0.662. The van der Waals surface area contributed by atoms with Crippen LogP contribution in [-0.2, 0) is 6.54 Å². The van der Waals surface area contributed by atoms with E-state index in [0.717, 1.165) is 47.8 Å². The second-order valence-electron chi connectivity index (χ2n) is 8.27. The number of nitrogens with zero attached hydrogens (tertiary/aromatic N) is 4. The highest BCUT2D eigenvalue weighted by atomic mass is 16.5. The summed E-state index contributed by atoms with van der Waals surface area (Å²) in [6.07, 6.45) is 2.40. The van der Waals surface area contributed by atoms with E-state index in [9.17, 15) is 0 Å². The first-order valence-electron chi connectivity index (χ1n) is 10.8. The van der Waals surface area contributed by atoms with Crippen molar-refractivity contribution in [1.82, 2.24) is 19.6 Å². The number of piperidine rings is 1. The number of rotatable bonds is 5. The lowest BCUT2D eigenvalue weighted by molar-refractivity contribution is -0.919. The zero-order valence-electron chi connectivity index (χ0n) is 18.3.